The molecule has 32 heavy (non-hydrogen) atoms. The maximum absolute atomic E-state index is 12.7. The molecule has 1 heterocycles. The van der Waals surface area contributed by atoms with E-state index in [9.17, 15) is 9.59 Å². The van der Waals surface area contributed by atoms with E-state index >= 15 is 0 Å². The fraction of sp³-hybridized carbons (Fsp3) is 0.308. The lowest BCUT2D eigenvalue weighted by Gasteiger charge is -2.10. The Bertz CT molecular complexity index is 1050. The summed E-state index contributed by atoms with van der Waals surface area (Å²) in [5, 5.41) is 5.29. The van der Waals surface area contributed by atoms with Crippen molar-refractivity contribution < 1.29 is 19.1 Å². The zero-order valence-electron chi connectivity index (χ0n) is 18.9. The number of ether oxygens (including phenoxy) is 2. The van der Waals surface area contributed by atoms with E-state index in [2.05, 4.69) is 43.4 Å². The molecule has 0 radical (unpaired) electrons. The molecule has 3 aromatic rings. The average molecular weight is 452 g/mol. The summed E-state index contributed by atoms with van der Waals surface area (Å²) < 4.78 is 10.5. The van der Waals surface area contributed by atoms with Crippen molar-refractivity contribution in [1.82, 2.24) is 0 Å². The number of thiophene rings is 1. The van der Waals surface area contributed by atoms with E-state index in [4.69, 9.17) is 9.47 Å². The van der Waals surface area contributed by atoms with Crippen LogP contribution < -0.4 is 10.1 Å². The van der Waals surface area contributed by atoms with Gasteiger partial charge in [-0.25, -0.2) is 4.79 Å². The number of carbonyl (C=O) groups is 2. The van der Waals surface area contributed by atoms with Gasteiger partial charge in [0.25, 0.3) is 0 Å². The van der Waals surface area contributed by atoms with Crippen molar-refractivity contribution in [3.8, 4) is 16.9 Å². The van der Waals surface area contributed by atoms with Crippen molar-refractivity contribution in [3.63, 3.8) is 0 Å². The van der Waals surface area contributed by atoms with Gasteiger partial charge in [0.05, 0.1) is 13.7 Å². The second-order valence-corrected chi connectivity index (χ2v) is 8.63. The Labute approximate surface area is 193 Å². The number of carbonyl (C=O) groups excluding carboxylic acids is 2. The van der Waals surface area contributed by atoms with Crippen molar-refractivity contribution in [2.45, 2.75) is 39.5 Å². The summed E-state index contributed by atoms with van der Waals surface area (Å²) in [5.74, 6) is 0.634. The van der Waals surface area contributed by atoms with E-state index in [0.29, 0.717) is 29.3 Å². The first-order valence-electron chi connectivity index (χ1n) is 10.7. The largest absolute Gasteiger partial charge is 0.497 e. The average Bonchev–Trinajstić information content (AvgIpc) is 3.21. The highest BCUT2D eigenvalue weighted by atomic mass is 32.1. The predicted molar refractivity (Wildman–Crippen MR) is 130 cm³/mol. The maximum atomic E-state index is 12.7. The van der Waals surface area contributed by atoms with E-state index < -0.39 is 5.97 Å². The van der Waals surface area contributed by atoms with Gasteiger partial charge >= 0.3 is 5.97 Å². The Balaban J connectivity index is 1.75. The quantitative estimate of drug-likeness (QED) is 0.388. The number of aryl methyl sites for hydroxylation is 1. The van der Waals surface area contributed by atoms with Crippen LogP contribution >= 0.6 is 11.3 Å². The van der Waals surface area contributed by atoms with Crippen molar-refractivity contribution in [3.05, 3.63) is 70.6 Å². The molecular weight excluding hydrogens is 422 g/mol. The molecular formula is C26H29NO4S. The molecule has 0 unspecified atom stereocenters. The molecule has 5 nitrogen and oxygen atoms in total. The minimum absolute atomic E-state index is 0.133. The highest BCUT2D eigenvalue weighted by molar-refractivity contribution is 7.15. The molecule has 0 saturated heterocycles. The van der Waals surface area contributed by atoms with Crippen LogP contribution in [0.4, 0.5) is 5.00 Å². The fourth-order valence-electron chi connectivity index (χ4n) is 3.36. The van der Waals surface area contributed by atoms with Gasteiger partial charge in [-0.05, 0) is 48.1 Å². The molecule has 6 heteroatoms. The fourth-order valence-corrected chi connectivity index (χ4v) is 4.33. The van der Waals surface area contributed by atoms with E-state index in [0.717, 1.165) is 22.4 Å². The third-order valence-corrected chi connectivity index (χ3v) is 6.11. The lowest BCUT2D eigenvalue weighted by Crippen LogP contribution is -2.15. The van der Waals surface area contributed by atoms with Gasteiger partial charge in [0.1, 0.15) is 16.3 Å². The summed E-state index contributed by atoms with van der Waals surface area (Å²) in [6.45, 7) is 6.34. The van der Waals surface area contributed by atoms with Crippen LogP contribution in [0.2, 0.25) is 0 Å². The molecule has 1 N–H and O–H groups in total. The summed E-state index contributed by atoms with van der Waals surface area (Å²) in [7, 11) is 1.61. The standard InChI is InChI=1S/C26H29NO4S/c1-5-31-26(29)24-22(20-11-13-21(30-4)14-12-20)16-32-25(24)27-23(28)15-8-18-6-9-19(10-7-18)17(2)3/h6-7,9-14,16-17H,5,8,15H2,1-4H3,(H,27,28). The van der Waals surface area contributed by atoms with Crippen molar-refractivity contribution in [1.29, 1.82) is 0 Å². The topological polar surface area (TPSA) is 64.6 Å². The number of rotatable bonds is 9. The summed E-state index contributed by atoms with van der Waals surface area (Å²) >= 11 is 1.33. The smallest absolute Gasteiger partial charge is 0.341 e. The Morgan fingerprint density at radius 3 is 2.31 bits per heavy atom. The predicted octanol–water partition coefficient (Wildman–Crippen LogP) is 6.30. The molecule has 0 aliphatic carbocycles. The van der Waals surface area contributed by atoms with Crippen LogP contribution in [-0.4, -0.2) is 25.6 Å². The monoisotopic (exact) mass is 451 g/mol. The SMILES string of the molecule is CCOC(=O)c1c(-c2ccc(OC)cc2)csc1NC(=O)CCc1ccc(C(C)C)cc1. The van der Waals surface area contributed by atoms with E-state index in [-0.39, 0.29) is 12.5 Å². The minimum Gasteiger partial charge on any atom is -0.497 e. The molecule has 0 fully saturated rings. The van der Waals surface area contributed by atoms with Crippen LogP contribution in [0.15, 0.2) is 53.9 Å². The van der Waals surface area contributed by atoms with Gasteiger partial charge in [-0.3, -0.25) is 4.79 Å². The molecule has 2 aromatic carbocycles. The van der Waals surface area contributed by atoms with Crippen LogP contribution in [0.5, 0.6) is 5.75 Å². The lowest BCUT2D eigenvalue weighted by molar-refractivity contribution is -0.116. The van der Waals surface area contributed by atoms with Crippen LogP contribution in [0.25, 0.3) is 11.1 Å². The second kappa shape index (κ2) is 11.0. The Morgan fingerprint density at radius 1 is 1.03 bits per heavy atom. The third kappa shape index (κ3) is 5.77. The number of benzene rings is 2. The molecule has 1 aromatic heterocycles. The molecule has 0 saturated carbocycles. The first-order valence-corrected chi connectivity index (χ1v) is 11.6. The Kier molecular flexibility index (Phi) is 8.06. The number of amides is 1. The Morgan fingerprint density at radius 2 is 1.72 bits per heavy atom. The number of hydrogen-bond donors (Lipinski definition) is 1. The molecule has 3 rings (SSSR count). The molecule has 0 spiro atoms. The van der Waals surface area contributed by atoms with Crippen LogP contribution in [-0.2, 0) is 16.0 Å². The first-order chi connectivity index (χ1) is 15.4. The molecule has 0 atom stereocenters. The van der Waals surface area contributed by atoms with E-state index in [1.165, 1.54) is 16.9 Å². The van der Waals surface area contributed by atoms with Gasteiger partial charge in [0.2, 0.25) is 5.91 Å². The number of hydrogen-bond acceptors (Lipinski definition) is 5. The Hall–Kier alpha value is -3.12. The van der Waals surface area contributed by atoms with E-state index in [1.807, 2.05) is 29.6 Å². The normalized spacial score (nSPS) is 10.8. The highest BCUT2D eigenvalue weighted by Crippen LogP contribution is 2.37. The summed E-state index contributed by atoms with van der Waals surface area (Å²) in [6, 6.07) is 15.8. The van der Waals surface area contributed by atoms with Gasteiger partial charge in [-0.15, -0.1) is 11.3 Å². The summed E-state index contributed by atoms with van der Waals surface area (Å²) in [5.41, 5.74) is 4.37. The summed E-state index contributed by atoms with van der Waals surface area (Å²) in [6.07, 6.45) is 0.967. The van der Waals surface area contributed by atoms with Crippen LogP contribution in [0.1, 0.15) is 54.6 Å². The number of esters is 1. The number of methoxy groups -OCH3 is 1. The number of anilines is 1. The summed E-state index contributed by atoms with van der Waals surface area (Å²) in [4.78, 5) is 25.3. The van der Waals surface area contributed by atoms with Crippen molar-refractivity contribution in [2.24, 2.45) is 0 Å². The van der Waals surface area contributed by atoms with Gasteiger partial charge < -0.3 is 14.8 Å². The zero-order chi connectivity index (χ0) is 23.1. The highest BCUT2D eigenvalue weighted by Gasteiger charge is 2.22. The van der Waals surface area contributed by atoms with E-state index in [1.54, 1.807) is 14.0 Å². The first kappa shape index (κ1) is 23.5. The maximum Gasteiger partial charge on any atom is 0.341 e. The van der Waals surface area contributed by atoms with Gasteiger partial charge in [-0.1, -0.05) is 50.2 Å². The molecule has 0 bridgehead atoms. The molecule has 0 aliphatic rings. The van der Waals surface area contributed by atoms with Gasteiger partial charge in [0, 0.05) is 17.4 Å². The van der Waals surface area contributed by atoms with Gasteiger partial charge in [0.15, 0.2) is 0 Å². The number of nitrogens with one attached hydrogen (secondary N) is 1. The molecule has 168 valence electrons. The molecule has 1 amide bonds. The second-order valence-electron chi connectivity index (χ2n) is 7.75. The van der Waals surface area contributed by atoms with Crippen molar-refractivity contribution >= 4 is 28.2 Å². The third-order valence-electron chi connectivity index (χ3n) is 5.21. The zero-order valence-corrected chi connectivity index (χ0v) is 19.8. The van der Waals surface area contributed by atoms with Gasteiger partial charge in [-0.2, -0.15) is 0 Å². The lowest BCUT2D eigenvalue weighted by atomic mass is 10.0. The van der Waals surface area contributed by atoms with Crippen LogP contribution in [0.3, 0.4) is 0 Å². The molecule has 0 aliphatic heterocycles. The van der Waals surface area contributed by atoms with Crippen molar-refractivity contribution in [2.75, 3.05) is 19.0 Å². The van der Waals surface area contributed by atoms with Crippen LogP contribution in [0, 0.1) is 0 Å². The minimum atomic E-state index is -0.445.